The summed E-state index contributed by atoms with van der Waals surface area (Å²) < 4.78 is 0. The van der Waals surface area contributed by atoms with Gasteiger partial charge in [0.15, 0.2) is 0 Å². The van der Waals surface area contributed by atoms with Gasteiger partial charge in [-0.3, -0.25) is 9.59 Å². The van der Waals surface area contributed by atoms with Crippen LogP contribution in [0.15, 0.2) is 81.9 Å². The molecule has 31 heavy (non-hydrogen) atoms. The van der Waals surface area contributed by atoms with Crippen molar-refractivity contribution in [3.8, 4) is 0 Å². The fraction of sp³-hybridized carbons (Fsp3) is 0.130. The molecule has 3 heterocycles. The Morgan fingerprint density at radius 3 is 2.48 bits per heavy atom. The van der Waals surface area contributed by atoms with Gasteiger partial charge in [0.05, 0.1) is 10.9 Å². The Hall–Kier alpha value is -2.32. The van der Waals surface area contributed by atoms with E-state index < -0.39 is 0 Å². The second-order valence-electron chi connectivity index (χ2n) is 7.17. The predicted molar refractivity (Wildman–Crippen MR) is 130 cm³/mol. The summed E-state index contributed by atoms with van der Waals surface area (Å²) in [6.45, 7) is 0. The number of aromatic nitrogens is 1. The molecular formula is C23H17ClN2O2S3. The molecule has 2 aromatic carbocycles. The van der Waals surface area contributed by atoms with Crippen molar-refractivity contribution >= 4 is 57.6 Å². The van der Waals surface area contributed by atoms with Gasteiger partial charge in [-0.2, -0.15) is 0 Å². The Balaban J connectivity index is 1.62. The molecule has 1 aliphatic rings. The Kier molecular flexibility index (Phi) is 5.75. The predicted octanol–water partition coefficient (Wildman–Crippen LogP) is 6.39. The van der Waals surface area contributed by atoms with Gasteiger partial charge in [-0.05, 0) is 41.3 Å². The van der Waals surface area contributed by atoms with Crippen LogP contribution in [0.4, 0.5) is 5.69 Å². The van der Waals surface area contributed by atoms with Gasteiger partial charge in [0.2, 0.25) is 5.91 Å². The van der Waals surface area contributed by atoms with E-state index in [1.807, 2.05) is 47.8 Å². The maximum Gasteiger partial charge on any atom is 0.305 e. The van der Waals surface area contributed by atoms with Crippen LogP contribution in [-0.4, -0.2) is 10.9 Å². The molecule has 0 bridgehead atoms. The number of hydrogen-bond acceptors (Lipinski definition) is 5. The first-order valence-corrected chi connectivity index (χ1v) is 12.6. The van der Waals surface area contributed by atoms with E-state index in [1.165, 1.54) is 11.3 Å². The fourth-order valence-electron chi connectivity index (χ4n) is 3.90. The zero-order valence-corrected chi connectivity index (χ0v) is 19.3. The number of fused-ring (bicyclic) bond motifs is 1. The molecule has 0 saturated heterocycles. The van der Waals surface area contributed by atoms with Crippen LogP contribution < -0.4 is 10.2 Å². The molecule has 1 aliphatic heterocycles. The Morgan fingerprint density at radius 2 is 1.77 bits per heavy atom. The topological polar surface area (TPSA) is 62.0 Å². The molecule has 0 radical (unpaired) electrons. The highest BCUT2D eigenvalue weighted by Crippen LogP contribution is 2.56. The molecule has 0 fully saturated rings. The van der Waals surface area contributed by atoms with Crippen molar-refractivity contribution in [3.05, 3.63) is 102 Å². The van der Waals surface area contributed by atoms with Crippen molar-refractivity contribution in [1.82, 2.24) is 4.98 Å². The Labute approximate surface area is 196 Å². The molecule has 5 rings (SSSR count). The first-order chi connectivity index (χ1) is 15.1. The van der Waals surface area contributed by atoms with E-state index in [0.29, 0.717) is 10.7 Å². The van der Waals surface area contributed by atoms with Gasteiger partial charge in [0, 0.05) is 31.6 Å². The second kappa shape index (κ2) is 8.67. The van der Waals surface area contributed by atoms with E-state index in [-0.39, 0.29) is 27.9 Å². The smallest absolute Gasteiger partial charge is 0.305 e. The van der Waals surface area contributed by atoms with E-state index in [1.54, 1.807) is 47.4 Å². The summed E-state index contributed by atoms with van der Waals surface area (Å²) in [4.78, 5) is 30.9. The summed E-state index contributed by atoms with van der Waals surface area (Å²) in [5.74, 6) is -0.660. The van der Waals surface area contributed by atoms with Gasteiger partial charge >= 0.3 is 4.87 Å². The number of anilines is 1. The third-order valence-corrected chi connectivity index (χ3v) is 8.93. The molecule has 0 aliphatic carbocycles. The molecule has 4 nitrogen and oxygen atoms in total. The molecule has 0 unspecified atom stereocenters. The number of benzene rings is 2. The minimum Gasteiger partial charge on any atom is -0.326 e. The van der Waals surface area contributed by atoms with Crippen molar-refractivity contribution in [3.63, 3.8) is 0 Å². The van der Waals surface area contributed by atoms with Crippen molar-refractivity contribution in [1.29, 1.82) is 0 Å². The fourth-order valence-corrected chi connectivity index (χ4v) is 7.58. The lowest BCUT2D eigenvalue weighted by Gasteiger charge is -2.36. The van der Waals surface area contributed by atoms with Crippen molar-refractivity contribution in [2.45, 2.75) is 16.2 Å². The van der Waals surface area contributed by atoms with Crippen molar-refractivity contribution in [2.24, 2.45) is 5.92 Å². The number of carbonyl (C=O) groups is 1. The molecule has 1 amide bonds. The van der Waals surface area contributed by atoms with E-state index in [4.69, 9.17) is 11.6 Å². The molecule has 4 aromatic rings. The van der Waals surface area contributed by atoms with Crippen molar-refractivity contribution < 1.29 is 4.79 Å². The van der Waals surface area contributed by atoms with Gasteiger partial charge in [-0.15, -0.1) is 11.3 Å². The van der Waals surface area contributed by atoms with Gasteiger partial charge < -0.3 is 10.3 Å². The molecule has 8 heteroatoms. The number of hydrogen-bond donors (Lipinski definition) is 2. The van der Waals surface area contributed by atoms with Crippen LogP contribution in [-0.2, 0) is 4.79 Å². The minimum absolute atomic E-state index is 0.0754. The summed E-state index contributed by atoms with van der Waals surface area (Å²) in [6, 6.07) is 21.2. The second-order valence-corrected chi connectivity index (χ2v) is 10.8. The van der Waals surface area contributed by atoms with Crippen LogP contribution in [0, 0.1) is 5.92 Å². The highest BCUT2D eigenvalue weighted by atomic mass is 35.5. The lowest BCUT2D eigenvalue weighted by Crippen LogP contribution is -2.34. The average Bonchev–Trinajstić information content (AvgIpc) is 3.43. The summed E-state index contributed by atoms with van der Waals surface area (Å²) >= 11 is 10.4. The lowest BCUT2D eigenvalue weighted by atomic mass is 9.83. The number of halogens is 1. The van der Waals surface area contributed by atoms with Crippen LogP contribution in [0.2, 0.25) is 5.02 Å². The molecule has 0 spiro atoms. The van der Waals surface area contributed by atoms with Crippen LogP contribution in [0.1, 0.15) is 26.5 Å². The van der Waals surface area contributed by atoms with Crippen molar-refractivity contribution in [2.75, 3.05) is 5.32 Å². The van der Waals surface area contributed by atoms with Crippen LogP contribution >= 0.6 is 46.0 Å². The van der Waals surface area contributed by atoms with Crippen LogP contribution in [0.5, 0.6) is 0 Å². The minimum atomic E-state index is -0.388. The van der Waals surface area contributed by atoms with Gasteiger partial charge in [0.1, 0.15) is 0 Å². The number of carbonyl (C=O) groups excluding carboxylic acids is 1. The molecule has 156 valence electrons. The first-order valence-electron chi connectivity index (χ1n) is 9.64. The summed E-state index contributed by atoms with van der Waals surface area (Å²) in [5, 5.41) is 6.43. The molecular weight excluding hydrogens is 468 g/mol. The SMILES string of the molecule is O=C(Nc1ccc(Cl)cc1)[C@@H]1[C@@H](c2cccs2)c2sc(=O)[nH]c2S[C@H]1c1ccccc1. The Bertz CT molecular complexity index is 1250. The number of thioether (sulfide) groups is 1. The normalized spacial score (nSPS) is 20.2. The van der Waals surface area contributed by atoms with Gasteiger partial charge in [-0.1, -0.05) is 71.1 Å². The zero-order chi connectivity index (χ0) is 21.4. The zero-order valence-electron chi connectivity index (χ0n) is 16.1. The van der Waals surface area contributed by atoms with E-state index in [9.17, 15) is 9.59 Å². The molecule has 2 N–H and O–H groups in total. The number of H-pyrrole nitrogens is 1. The number of thiazole rings is 1. The third kappa shape index (κ3) is 4.11. The summed E-state index contributed by atoms with van der Waals surface area (Å²) in [5.41, 5.74) is 1.76. The van der Waals surface area contributed by atoms with Crippen LogP contribution in [0.3, 0.4) is 0 Å². The monoisotopic (exact) mass is 484 g/mol. The third-order valence-electron chi connectivity index (χ3n) is 5.25. The van der Waals surface area contributed by atoms with E-state index in [2.05, 4.69) is 10.3 Å². The molecule has 3 atom stereocenters. The highest BCUT2D eigenvalue weighted by Gasteiger charge is 2.45. The van der Waals surface area contributed by atoms with E-state index in [0.717, 1.165) is 20.3 Å². The number of amides is 1. The first kappa shape index (κ1) is 20.6. The number of nitrogens with one attached hydrogen (secondary N) is 2. The Morgan fingerprint density at radius 1 is 1.00 bits per heavy atom. The highest BCUT2D eigenvalue weighted by molar-refractivity contribution is 7.99. The number of rotatable bonds is 4. The van der Waals surface area contributed by atoms with Gasteiger partial charge in [0.25, 0.3) is 0 Å². The van der Waals surface area contributed by atoms with Gasteiger partial charge in [-0.25, -0.2) is 0 Å². The lowest BCUT2D eigenvalue weighted by molar-refractivity contribution is -0.120. The van der Waals surface area contributed by atoms with Crippen LogP contribution in [0.25, 0.3) is 0 Å². The number of aromatic amines is 1. The summed E-state index contributed by atoms with van der Waals surface area (Å²) in [7, 11) is 0. The number of thiophene rings is 1. The van der Waals surface area contributed by atoms with E-state index >= 15 is 0 Å². The molecule has 0 saturated carbocycles. The maximum atomic E-state index is 13.7. The maximum absolute atomic E-state index is 13.7. The largest absolute Gasteiger partial charge is 0.326 e. The average molecular weight is 485 g/mol. The summed E-state index contributed by atoms with van der Waals surface area (Å²) in [6.07, 6.45) is 0. The molecule has 2 aromatic heterocycles. The standard InChI is InChI=1S/C23H17ClN2O2S3/c24-14-8-10-15(11-9-14)25-21(27)18-17(16-7-4-12-29-16)20-22(26-23(28)31-20)30-19(18)13-5-2-1-3-6-13/h1-12,17-19H,(H,25,27)(H,26,28)/t17-,18-,19+/m1/s1. The quantitative estimate of drug-likeness (QED) is 0.353.